The van der Waals surface area contributed by atoms with Crippen LogP contribution >= 0.6 is 0 Å². The van der Waals surface area contributed by atoms with Gasteiger partial charge in [0.05, 0.1) is 14.2 Å². The van der Waals surface area contributed by atoms with Gasteiger partial charge in [0.15, 0.2) is 0 Å². The summed E-state index contributed by atoms with van der Waals surface area (Å²) in [6.07, 6.45) is 2.68. The molecule has 0 aliphatic heterocycles. The Labute approximate surface area is 190 Å². The molecule has 2 amide bonds. The minimum atomic E-state index is -0.123. The first-order valence-corrected chi connectivity index (χ1v) is 11.0. The summed E-state index contributed by atoms with van der Waals surface area (Å²) in [7, 11) is 3.21. The number of nitrogens with one attached hydrogen (secondary N) is 2. The Kier molecular flexibility index (Phi) is 7.12. The molecule has 6 heteroatoms. The van der Waals surface area contributed by atoms with Crippen LogP contribution in [0.2, 0.25) is 0 Å². The number of hydrogen-bond acceptors (Lipinski definition) is 4. The number of amides is 2. The molecule has 2 N–H and O–H groups in total. The summed E-state index contributed by atoms with van der Waals surface area (Å²) in [5, 5.41) is 6.31. The second kappa shape index (κ2) is 9.63. The fraction of sp³-hybridized carbons (Fsp3) is 0.462. The monoisotopic (exact) mass is 438 g/mol. The molecule has 0 saturated heterocycles. The Morgan fingerprint density at radius 1 is 0.844 bits per heavy atom. The highest BCUT2D eigenvalue weighted by atomic mass is 16.5. The van der Waals surface area contributed by atoms with Crippen molar-refractivity contribution in [3.8, 4) is 11.5 Å². The number of carbonyl (C=O) groups is 2. The summed E-state index contributed by atoms with van der Waals surface area (Å²) in [6, 6.07) is 14.3. The average molecular weight is 439 g/mol. The lowest BCUT2D eigenvalue weighted by Gasteiger charge is -2.47. The maximum atomic E-state index is 12.8. The van der Waals surface area contributed by atoms with Crippen LogP contribution < -0.4 is 20.1 Å². The van der Waals surface area contributed by atoms with E-state index in [-0.39, 0.29) is 28.7 Å². The molecule has 1 fully saturated rings. The van der Waals surface area contributed by atoms with Gasteiger partial charge >= 0.3 is 0 Å². The highest BCUT2D eigenvalue weighted by molar-refractivity contribution is 5.95. The summed E-state index contributed by atoms with van der Waals surface area (Å²) in [5.41, 5.74) is 1.15. The summed E-state index contributed by atoms with van der Waals surface area (Å²) >= 11 is 0. The topological polar surface area (TPSA) is 76.7 Å². The predicted octanol–water partition coefficient (Wildman–Crippen LogP) is 4.45. The van der Waals surface area contributed by atoms with Gasteiger partial charge in [-0.15, -0.1) is 0 Å². The first-order valence-electron chi connectivity index (χ1n) is 11.0. The third-order valence-corrected chi connectivity index (χ3v) is 6.16. The van der Waals surface area contributed by atoms with E-state index in [1.807, 2.05) is 0 Å². The molecule has 0 heterocycles. The van der Waals surface area contributed by atoms with E-state index in [1.165, 1.54) is 0 Å². The van der Waals surface area contributed by atoms with Crippen molar-refractivity contribution in [3.63, 3.8) is 0 Å². The lowest BCUT2D eigenvalue weighted by Crippen LogP contribution is -2.50. The van der Waals surface area contributed by atoms with Gasteiger partial charge in [-0.05, 0) is 78.6 Å². The second-order valence-corrected chi connectivity index (χ2v) is 9.87. The SMILES string of the molecule is COc1ccc(C(=O)NC[C@@]2(C)C[C@H](NC(=O)c3ccc(OC)cc3)CC(C)(C)C2)cc1. The van der Waals surface area contributed by atoms with Crippen LogP contribution in [0.15, 0.2) is 48.5 Å². The molecule has 172 valence electrons. The minimum Gasteiger partial charge on any atom is -0.497 e. The molecule has 0 aromatic heterocycles. The van der Waals surface area contributed by atoms with Gasteiger partial charge in [-0.1, -0.05) is 20.8 Å². The lowest BCUT2D eigenvalue weighted by molar-refractivity contribution is 0.0592. The Balaban J connectivity index is 1.63. The van der Waals surface area contributed by atoms with Crippen LogP contribution in [0.5, 0.6) is 11.5 Å². The Morgan fingerprint density at radius 2 is 1.34 bits per heavy atom. The molecule has 0 radical (unpaired) electrons. The van der Waals surface area contributed by atoms with E-state index in [0.29, 0.717) is 17.7 Å². The van der Waals surface area contributed by atoms with Crippen molar-refractivity contribution in [1.82, 2.24) is 10.6 Å². The zero-order valence-corrected chi connectivity index (χ0v) is 19.7. The van der Waals surface area contributed by atoms with Crippen molar-refractivity contribution >= 4 is 11.8 Å². The molecular formula is C26H34N2O4. The molecule has 1 aliphatic rings. The molecule has 2 aromatic rings. The molecule has 6 nitrogen and oxygen atoms in total. The maximum absolute atomic E-state index is 12.8. The van der Waals surface area contributed by atoms with Crippen LogP contribution in [0, 0.1) is 10.8 Å². The summed E-state index contributed by atoms with van der Waals surface area (Å²) < 4.78 is 10.3. The van der Waals surface area contributed by atoms with Crippen LogP contribution in [0.3, 0.4) is 0 Å². The molecule has 0 spiro atoms. The van der Waals surface area contributed by atoms with Crippen LogP contribution in [0.1, 0.15) is 60.7 Å². The van der Waals surface area contributed by atoms with E-state index >= 15 is 0 Å². The van der Waals surface area contributed by atoms with Gasteiger partial charge in [0.25, 0.3) is 11.8 Å². The predicted molar refractivity (Wildman–Crippen MR) is 125 cm³/mol. The molecule has 32 heavy (non-hydrogen) atoms. The summed E-state index contributed by atoms with van der Waals surface area (Å²) in [6.45, 7) is 7.19. The molecule has 2 atom stereocenters. The molecular weight excluding hydrogens is 404 g/mol. The van der Waals surface area contributed by atoms with Crippen LogP contribution in [-0.4, -0.2) is 38.6 Å². The van der Waals surface area contributed by atoms with Gasteiger partial charge in [-0.3, -0.25) is 9.59 Å². The van der Waals surface area contributed by atoms with Gasteiger partial charge in [-0.2, -0.15) is 0 Å². The van der Waals surface area contributed by atoms with Crippen molar-refractivity contribution in [2.24, 2.45) is 10.8 Å². The normalized spacial score (nSPS) is 22.0. The zero-order chi connectivity index (χ0) is 23.4. The summed E-state index contributed by atoms with van der Waals surface area (Å²) in [5.74, 6) is 1.26. The number of hydrogen-bond donors (Lipinski definition) is 2. The fourth-order valence-corrected chi connectivity index (χ4v) is 5.02. The number of rotatable bonds is 7. The molecule has 0 bridgehead atoms. The first kappa shape index (κ1) is 23.6. The van der Waals surface area contributed by atoms with Crippen molar-refractivity contribution in [1.29, 1.82) is 0 Å². The largest absolute Gasteiger partial charge is 0.497 e. The van der Waals surface area contributed by atoms with Gasteiger partial charge in [-0.25, -0.2) is 0 Å². The van der Waals surface area contributed by atoms with Crippen molar-refractivity contribution in [2.75, 3.05) is 20.8 Å². The van der Waals surface area contributed by atoms with Gasteiger partial charge in [0, 0.05) is 23.7 Å². The Morgan fingerprint density at radius 3 is 1.84 bits per heavy atom. The number of benzene rings is 2. The maximum Gasteiger partial charge on any atom is 0.251 e. The van der Waals surface area contributed by atoms with E-state index in [4.69, 9.17) is 9.47 Å². The second-order valence-electron chi connectivity index (χ2n) is 9.87. The van der Waals surface area contributed by atoms with Crippen LogP contribution in [0.4, 0.5) is 0 Å². The molecule has 3 rings (SSSR count). The molecule has 1 aliphatic carbocycles. The van der Waals surface area contributed by atoms with Gasteiger partial charge in [0.2, 0.25) is 0 Å². The van der Waals surface area contributed by atoms with Crippen molar-refractivity contribution in [3.05, 3.63) is 59.7 Å². The average Bonchev–Trinajstić information content (AvgIpc) is 2.76. The van der Waals surface area contributed by atoms with E-state index in [2.05, 4.69) is 31.4 Å². The third-order valence-electron chi connectivity index (χ3n) is 6.16. The first-order chi connectivity index (χ1) is 15.1. The Hall–Kier alpha value is -3.02. The highest BCUT2D eigenvalue weighted by Crippen LogP contribution is 2.45. The smallest absolute Gasteiger partial charge is 0.251 e. The van der Waals surface area contributed by atoms with Crippen LogP contribution in [-0.2, 0) is 0 Å². The van der Waals surface area contributed by atoms with E-state index in [1.54, 1.807) is 62.8 Å². The number of ether oxygens (including phenoxy) is 2. The third kappa shape index (κ3) is 6.02. The molecule has 1 saturated carbocycles. The number of methoxy groups -OCH3 is 2. The van der Waals surface area contributed by atoms with Crippen molar-refractivity contribution < 1.29 is 19.1 Å². The quantitative estimate of drug-likeness (QED) is 0.670. The van der Waals surface area contributed by atoms with Crippen molar-refractivity contribution in [2.45, 2.75) is 46.1 Å². The fourth-order valence-electron chi connectivity index (χ4n) is 5.02. The van der Waals surface area contributed by atoms with Crippen LogP contribution in [0.25, 0.3) is 0 Å². The molecule has 2 aromatic carbocycles. The zero-order valence-electron chi connectivity index (χ0n) is 19.7. The minimum absolute atomic E-state index is 0.0382. The lowest BCUT2D eigenvalue weighted by atomic mass is 9.62. The van der Waals surface area contributed by atoms with Gasteiger partial charge in [0.1, 0.15) is 11.5 Å². The Bertz CT molecular complexity index is 937. The van der Waals surface area contributed by atoms with E-state index < -0.39 is 0 Å². The van der Waals surface area contributed by atoms with E-state index in [9.17, 15) is 9.59 Å². The number of carbonyl (C=O) groups excluding carboxylic acids is 2. The van der Waals surface area contributed by atoms with E-state index in [0.717, 1.165) is 30.8 Å². The highest BCUT2D eigenvalue weighted by Gasteiger charge is 2.42. The summed E-state index contributed by atoms with van der Waals surface area (Å²) in [4.78, 5) is 25.5. The molecule has 0 unspecified atom stereocenters. The standard InChI is InChI=1S/C26H34N2O4/c1-25(2)14-20(28-24(30)19-8-12-22(32-5)13-9-19)15-26(3,16-25)17-27-23(29)18-6-10-21(31-4)11-7-18/h6-13,20H,14-17H2,1-5H3,(H,27,29)(H,28,30)/t20-,26+/m1/s1. The van der Waals surface area contributed by atoms with Gasteiger partial charge < -0.3 is 20.1 Å².